The van der Waals surface area contributed by atoms with Gasteiger partial charge in [-0.05, 0) is 19.2 Å². The van der Waals surface area contributed by atoms with Crippen molar-refractivity contribution in [1.29, 1.82) is 0 Å². The number of rotatable bonds is 1. The number of aryl methyl sites for hydroxylation is 1. The van der Waals surface area contributed by atoms with Crippen LogP contribution in [-0.4, -0.2) is 52.9 Å². The van der Waals surface area contributed by atoms with Crippen LogP contribution in [0.5, 0.6) is 0 Å². The molecule has 0 spiro atoms. The van der Waals surface area contributed by atoms with E-state index in [1.54, 1.807) is 7.05 Å². The van der Waals surface area contributed by atoms with E-state index in [4.69, 9.17) is 5.21 Å². The first-order valence-corrected chi connectivity index (χ1v) is 7.23. The second kappa shape index (κ2) is 5.76. The van der Waals surface area contributed by atoms with Gasteiger partial charge in [-0.15, -0.1) is 0 Å². The third kappa shape index (κ3) is 2.43. The Balaban J connectivity index is 2.32. The molecule has 116 valence electrons. The Morgan fingerprint density at radius 1 is 1.14 bits per heavy atom. The highest BCUT2D eigenvalue weighted by Crippen LogP contribution is 2.22. The summed E-state index contributed by atoms with van der Waals surface area (Å²) in [5.74, 6) is 0.689. The molecule has 0 bridgehead atoms. The van der Waals surface area contributed by atoms with Crippen LogP contribution >= 0.6 is 0 Å². The topological polar surface area (TPSA) is 74.0 Å². The molecule has 1 saturated heterocycles. The van der Waals surface area contributed by atoms with Crippen LogP contribution in [0.4, 0.5) is 5.82 Å². The van der Waals surface area contributed by atoms with Crippen molar-refractivity contribution in [3.63, 3.8) is 0 Å². The van der Waals surface area contributed by atoms with Crippen molar-refractivity contribution in [2.75, 3.05) is 38.1 Å². The molecule has 7 heteroatoms. The number of likely N-dealkylation sites (N-methyl/N-ethyl adjacent to an activating group) is 1. The van der Waals surface area contributed by atoms with Gasteiger partial charge in [0.15, 0.2) is 0 Å². The maximum Gasteiger partial charge on any atom is 0.299 e. The van der Waals surface area contributed by atoms with Gasteiger partial charge in [-0.2, -0.15) is 0 Å². The van der Waals surface area contributed by atoms with E-state index in [0.29, 0.717) is 5.82 Å². The molecule has 7 nitrogen and oxygen atoms in total. The molecular formula is C15H19N5O2. The molecule has 0 amide bonds. The van der Waals surface area contributed by atoms with Crippen LogP contribution in [0, 0.1) is 0 Å². The number of fused-ring (bicyclic) bond motifs is 1. The van der Waals surface area contributed by atoms with E-state index < -0.39 is 5.56 Å². The average molecular weight is 301 g/mol. The van der Waals surface area contributed by atoms with Crippen LogP contribution in [0.3, 0.4) is 0 Å². The predicted molar refractivity (Wildman–Crippen MR) is 84.0 cm³/mol. The van der Waals surface area contributed by atoms with Gasteiger partial charge in [0, 0.05) is 38.6 Å². The smallest absolute Gasteiger partial charge is 0.299 e. The van der Waals surface area contributed by atoms with Gasteiger partial charge in [0.05, 0.1) is 5.52 Å². The number of piperazine rings is 1. The summed E-state index contributed by atoms with van der Waals surface area (Å²) in [6.45, 7) is 3.49. The van der Waals surface area contributed by atoms with E-state index in [1.165, 1.54) is 4.57 Å². The van der Waals surface area contributed by atoms with Gasteiger partial charge in [0.25, 0.3) is 11.0 Å². The molecule has 0 atom stereocenters. The summed E-state index contributed by atoms with van der Waals surface area (Å²) < 4.78 is 1.47. The summed E-state index contributed by atoms with van der Waals surface area (Å²) in [5, 5.41) is 13.1. The molecular weight excluding hydrogens is 282 g/mol. The van der Waals surface area contributed by atoms with Gasteiger partial charge in [0.1, 0.15) is 5.82 Å². The van der Waals surface area contributed by atoms with Crippen molar-refractivity contribution < 1.29 is 5.21 Å². The lowest BCUT2D eigenvalue weighted by Crippen LogP contribution is -2.45. The van der Waals surface area contributed by atoms with E-state index in [0.717, 1.165) is 37.1 Å². The van der Waals surface area contributed by atoms with Crippen LogP contribution in [0.2, 0.25) is 0 Å². The number of hydrogen-bond donors (Lipinski definition) is 1. The number of aromatic nitrogens is 2. The van der Waals surface area contributed by atoms with Crippen LogP contribution < -0.4 is 15.9 Å². The van der Waals surface area contributed by atoms with Gasteiger partial charge in [-0.1, -0.05) is 17.3 Å². The highest BCUT2D eigenvalue weighted by Gasteiger charge is 2.18. The standard InChI is InChI=1S/C15H19N5O2/c1-18-7-9-20(10-8-18)14-11-5-3-4-6-12(11)19(2)15(21)13(16-14)17-22/h3-6,22H,7-10H2,1-2H3/b17-13+. The quantitative estimate of drug-likeness (QED) is 0.592. The summed E-state index contributed by atoms with van der Waals surface area (Å²) in [7, 11) is 3.74. The molecule has 1 aliphatic heterocycles. The molecule has 0 aliphatic carbocycles. The summed E-state index contributed by atoms with van der Waals surface area (Å²) in [6.07, 6.45) is 0. The summed E-state index contributed by atoms with van der Waals surface area (Å²) >= 11 is 0. The first-order chi connectivity index (χ1) is 10.6. The minimum atomic E-state index is -0.418. The minimum absolute atomic E-state index is 0.187. The lowest BCUT2D eigenvalue weighted by molar-refractivity contribution is 0.296. The lowest BCUT2D eigenvalue weighted by Gasteiger charge is -2.33. The van der Waals surface area contributed by atoms with Crippen LogP contribution in [0.15, 0.2) is 34.2 Å². The normalized spacial score (nSPS) is 17.2. The summed E-state index contributed by atoms with van der Waals surface area (Å²) in [6, 6.07) is 7.62. The summed E-state index contributed by atoms with van der Waals surface area (Å²) in [5.41, 5.74) is 0.163. The molecule has 0 saturated carbocycles. The largest absolute Gasteiger partial charge is 0.409 e. The number of para-hydroxylation sites is 1. The summed E-state index contributed by atoms with van der Waals surface area (Å²) in [4.78, 5) is 21.1. The number of anilines is 1. The van der Waals surface area contributed by atoms with E-state index in [2.05, 4.69) is 27.0 Å². The third-order valence-electron chi connectivity index (χ3n) is 4.11. The fourth-order valence-electron chi connectivity index (χ4n) is 2.75. The van der Waals surface area contributed by atoms with Crippen LogP contribution in [0.1, 0.15) is 0 Å². The van der Waals surface area contributed by atoms with Crippen molar-refractivity contribution in [1.82, 2.24) is 14.5 Å². The molecule has 0 unspecified atom stereocenters. The zero-order valence-electron chi connectivity index (χ0n) is 12.7. The number of hydrogen-bond acceptors (Lipinski definition) is 6. The van der Waals surface area contributed by atoms with Crippen LogP contribution in [0.25, 0.3) is 10.9 Å². The highest BCUT2D eigenvalue weighted by molar-refractivity contribution is 5.89. The fourth-order valence-corrected chi connectivity index (χ4v) is 2.75. The maximum atomic E-state index is 12.3. The first kappa shape index (κ1) is 14.5. The number of nitrogens with zero attached hydrogens (tertiary/aromatic N) is 5. The van der Waals surface area contributed by atoms with Crippen molar-refractivity contribution in [3.05, 3.63) is 40.1 Å². The second-order valence-corrected chi connectivity index (χ2v) is 5.53. The molecule has 1 aromatic heterocycles. The Labute approximate surface area is 127 Å². The van der Waals surface area contributed by atoms with E-state index in [1.807, 2.05) is 24.3 Å². The van der Waals surface area contributed by atoms with Gasteiger partial charge < -0.3 is 19.6 Å². The van der Waals surface area contributed by atoms with E-state index >= 15 is 0 Å². The molecule has 2 heterocycles. The zero-order valence-corrected chi connectivity index (χ0v) is 12.7. The number of benzene rings is 1. The molecule has 0 radical (unpaired) electrons. The molecule has 1 aromatic carbocycles. The second-order valence-electron chi connectivity index (χ2n) is 5.53. The van der Waals surface area contributed by atoms with Crippen molar-refractivity contribution in [2.45, 2.75) is 0 Å². The molecule has 3 rings (SSSR count). The molecule has 2 aromatic rings. The zero-order chi connectivity index (χ0) is 15.7. The molecule has 22 heavy (non-hydrogen) atoms. The molecule has 1 N–H and O–H groups in total. The molecule has 1 fully saturated rings. The monoisotopic (exact) mass is 301 g/mol. The average Bonchev–Trinajstić information content (AvgIpc) is 2.65. The van der Waals surface area contributed by atoms with E-state index in [-0.39, 0.29) is 5.49 Å². The van der Waals surface area contributed by atoms with Crippen LogP contribution in [-0.2, 0) is 7.05 Å². The predicted octanol–water partition coefficient (Wildman–Crippen LogP) is -0.0248. The van der Waals surface area contributed by atoms with Crippen molar-refractivity contribution in [2.24, 2.45) is 12.2 Å². The lowest BCUT2D eigenvalue weighted by atomic mass is 10.2. The molecule has 1 aliphatic rings. The highest BCUT2D eigenvalue weighted by atomic mass is 16.4. The van der Waals surface area contributed by atoms with E-state index in [9.17, 15) is 4.79 Å². The van der Waals surface area contributed by atoms with Crippen molar-refractivity contribution in [3.8, 4) is 0 Å². The minimum Gasteiger partial charge on any atom is -0.409 e. The van der Waals surface area contributed by atoms with Crippen molar-refractivity contribution >= 4 is 16.7 Å². The fraction of sp³-hybridized carbons (Fsp3) is 0.400. The Kier molecular flexibility index (Phi) is 3.81. The third-order valence-corrected chi connectivity index (χ3v) is 4.11. The Bertz CT molecular complexity index is 822. The SMILES string of the molecule is CN1CCN(c2n/c(=N/O)c(=O)n(C)c3ccccc23)CC1. The first-order valence-electron chi connectivity index (χ1n) is 7.23. The Morgan fingerprint density at radius 2 is 1.82 bits per heavy atom. The van der Waals surface area contributed by atoms with Gasteiger partial charge in [-0.25, -0.2) is 4.98 Å². The van der Waals surface area contributed by atoms with Gasteiger partial charge in [-0.3, -0.25) is 4.79 Å². The van der Waals surface area contributed by atoms with Gasteiger partial charge >= 0.3 is 0 Å². The Morgan fingerprint density at radius 3 is 2.50 bits per heavy atom. The maximum absolute atomic E-state index is 12.3. The van der Waals surface area contributed by atoms with Gasteiger partial charge in [0.2, 0.25) is 0 Å². The Hall–Kier alpha value is -2.41.